The number of hydrogen-bond donors (Lipinski definition) is 5. The molecule has 40 heavy (non-hydrogen) atoms. The Balaban J connectivity index is 2.38. The van der Waals surface area contributed by atoms with Crippen molar-refractivity contribution in [2.45, 2.75) is 83.6 Å². The zero-order valence-corrected chi connectivity index (χ0v) is 24.7. The summed E-state index contributed by atoms with van der Waals surface area (Å²) in [5.74, 6) is -1.47. The van der Waals surface area contributed by atoms with Crippen LogP contribution in [0.1, 0.15) is 53.7 Å². The Kier molecular flexibility index (Phi) is 11.8. The van der Waals surface area contributed by atoms with Gasteiger partial charge in [-0.1, -0.05) is 27.7 Å². The maximum Gasteiger partial charge on any atom is 0.342 e. The van der Waals surface area contributed by atoms with Gasteiger partial charge in [-0.3, -0.25) is 28.5 Å². The van der Waals surface area contributed by atoms with Gasteiger partial charge in [0.1, 0.15) is 29.9 Å². The lowest BCUT2D eigenvalue weighted by molar-refractivity contribution is -0.143. The van der Waals surface area contributed by atoms with Gasteiger partial charge < -0.3 is 28.9 Å². The number of methoxy groups -OCH3 is 2. The molecule has 1 aromatic heterocycles. The van der Waals surface area contributed by atoms with Crippen molar-refractivity contribution in [2.24, 2.45) is 11.8 Å². The zero-order valence-electron chi connectivity index (χ0n) is 23.8. The topological polar surface area (TPSA) is 208 Å². The smallest absolute Gasteiger partial charge is 0.342 e. The molecule has 4 unspecified atom stereocenters. The highest BCUT2D eigenvalue weighted by Gasteiger charge is 2.54. The number of rotatable bonds is 14. The highest BCUT2D eigenvalue weighted by atomic mass is 31.2. The molecule has 1 saturated heterocycles. The van der Waals surface area contributed by atoms with Crippen molar-refractivity contribution in [2.75, 3.05) is 20.8 Å². The first kappa shape index (κ1) is 33.8. The molecule has 0 bridgehead atoms. The zero-order chi connectivity index (χ0) is 30.4. The summed E-state index contributed by atoms with van der Waals surface area (Å²) in [6.07, 6.45) is -2.87. The molecule has 2 rings (SSSR count). The van der Waals surface area contributed by atoms with E-state index in [1.54, 1.807) is 0 Å². The van der Waals surface area contributed by atoms with Gasteiger partial charge in [-0.2, -0.15) is 0 Å². The van der Waals surface area contributed by atoms with Gasteiger partial charge in [-0.25, -0.2) is 15.0 Å². The monoisotopic (exact) mass is 592 g/mol. The lowest BCUT2D eigenvalue weighted by Gasteiger charge is -2.30. The van der Waals surface area contributed by atoms with Crippen LogP contribution in [0.4, 0.5) is 0 Å². The predicted octanol–water partition coefficient (Wildman–Crippen LogP) is 0.0252. The highest BCUT2D eigenvalue weighted by Crippen LogP contribution is 2.44. The Bertz CT molecular complexity index is 1150. The van der Waals surface area contributed by atoms with E-state index in [9.17, 15) is 34.0 Å². The third-order valence-electron chi connectivity index (χ3n) is 6.32. The summed E-state index contributed by atoms with van der Waals surface area (Å²) in [4.78, 5) is 50.8. The second-order valence-electron chi connectivity index (χ2n) is 10.7. The first-order chi connectivity index (χ1) is 18.5. The summed E-state index contributed by atoms with van der Waals surface area (Å²) in [5.41, 5.74) is -3.58. The Morgan fingerprint density at radius 1 is 1.10 bits per heavy atom. The third-order valence-corrected chi connectivity index (χ3v) is 8.13. The average molecular weight is 593 g/mol. The molecule has 1 aromatic rings. The molecular weight excluding hydrogens is 551 g/mol. The first-order valence-electron chi connectivity index (χ1n) is 12.9. The van der Waals surface area contributed by atoms with Crippen molar-refractivity contribution >= 4 is 19.6 Å². The number of aliphatic hydroxyl groups is 2. The fourth-order valence-corrected chi connectivity index (χ4v) is 6.14. The molecule has 5 N–H and O–H groups in total. The van der Waals surface area contributed by atoms with Crippen LogP contribution in [0.5, 0.6) is 0 Å². The Labute approximate surface area is 232 Å². The van der Waals surface area contributed by atoms with Crippen LogP contribution in [-0.4, -0.2) is 82.4 Å². The molecule has 2 heterocycles. The fraction of sp³-hybridized carbons (Fsp3) is 0.750. The molecule has 6 atom stereocenters. The highest BCUT2D eigenvalue weighted by molar-refractivity contribution is 7.54. The molecule has 1 aliphatic heterocycles. The summed E-state index contributed by atoms with van der Waals surface area (Å²) < 4.78 is 36.2. The van der Waals surface area contributed by atoms with Gasteiger partial charge in [-0.15, -0.1) is 0 Å². The molecule has 0 radical (unpaired) electrons. The van der Waals surface area contributed by atoms with Crippen molar-refractivity contribution in [1.82, 2.24) is 19.7 Å². The number of esters is 2. The van der Waals surface area contributed by atoms with Crippen LogP contribution in [0.25, 0.3) is 0 Å². The molecule has 228 valence electrons. The summed E-state index contributed by atoms with van der Waals surface area (Å²) in [7, 11) is -1.94. The molecule has 15 nitrogen and oxygen atoms in total. The minimum absolute atomic E-state index is 0.0245. The van der Waals surface area contributed by atoms with Crippen LogP contribution in [0.3, 0.4) is 0 Å². The van der Waals surface area contributed by atoms with E-state index in [0.717, 1.165) is 16.8 Å². The van der Waals surface area contributed by atoms with Crippen molar-refractivity contribution in [3.63, 3.8) is 0 Å². The van der Waals surface area contributed by atoms with Gasteiger partial charge in [0.05, 0.1) is 20.8 Å². The summed E-state index contributed by atoms with van der Waals surface area (Å²) in [6.45, 7) is 8.00. The van der Waals surface area contributed by atoms with Crippen molar-refractivity contribution in [3.8, 4) is 0 Å². The Morgan fingerprint density at radius 3 is 2.02 bits per heavy atom. The number of ether oxygens (including phenoxy) is 3. The van der Waals surface area contributed by atoms with E-state index in [-0.39, 0.29) is 24.7 Å². The number of aromatic amines is 1. The standard InChI is InChI=1S/C24H41N4O11P/c1-13(2)10-15(20(31)36-6)26-40(35,27-16(11-14(3)4)21(32)37-7)38-12-17-19(30)24(5,34)22(39-17)28-9-8-18(29)25-23(28)33/h8-9,13-17,19,22,30,34H,10-12H2,1-7H3,(H,25,29,33)(H2,26,27,35)/t15?,16?,17-,19?,22+,24?,40?/m1/s1. The fourth-order valence-electron chi connectivity index (χ4n) is 4.32. The van der Waals surface area contributed by atoms with Crippen molar-refractivity contribution in [3.05, 3.63) is 33.1 Å². The minimum Gasteiger partial charge on any atom is -0.468 e. The summed E-state index contributed by atoms with van der Waals surface area (Å²) >= 11 is 0. The maximum absolute atomic E-state index is 14.2. The number of carbonyl (C=O) groups is 2. The molecule has 1 aliphatic rings. The van der Waals surface area contributed by atoms with Crippen molar-refractivity contribution in [1.29, 1.82) is 0 Å². The van der Waals surface area contributed by atoms with Crippen LogP contribution < -0.4 is 21.4 Å². The van der Waals surface area contributed by atoms with Crippen molar-refractivity contribution < 1.29 is 43.1 Å². The Hall–Kier alpha value is -2.39. The van der Waals surface area contributed by atoms with Gasteiger partial charge in [0.25, 0.3) is 5.56 Å². The van der Waals surface area contributed by atoms with E-state index in [1.165, 1.54) is 21.1 Å². The van der Waals surface area contributed by atoms with Crippen LogP contribution in [0.2, 0.25) is 0 Å². The van der Waals surface area contributed by atoms with E-state index in [1.807, 2.05) is 32.7 Å². The third kappa shape index (κ3) is 8.56. The molecular formula is C24H41N4O11P. The van der Waals surface area contributed by atoms with Gasteiger partial charge >= 0.3 is 25.3 Å². The summed E-state index contributed by atoms with van der Waals surface area (Å²) in [6, 6.07) is -1.14. The minimum atomic E-state index is -4.30. The SMILES string of the molecule is COC(=O)C(CC(C)C)NP(=O)(NC(CC(C)C)C(=O)OC)OC[C@H]1O[C@H](n2ccc(=O)[nH]c2=O)C(C)(O)C1O. The van der Waals surface area contributed by atoms with Crippen LogP contribution in [-0.2, 0) is 32.9 Å². The number of nitrogens with zero attached hydrogens (tertiary/aromatic N) is 1. The lowest BCUT2D eigenvalue weighted by atomic mass is 9.96. The quantitative estimate of drug-likeness (QED) is 0.143. The van der Waals surface area contributed by atoms with E-state index in [0.29, 0.717) is 0 Å². The molecule has 0 saturated carbocycles. The second-order valence-corrected chi connectivity index (χ2v) is 12.6. The summed E-state index contributed by atoms with van der Waals surface area (Å²) in [5, 5.41) is 27.1. The van der Waals surface area contributed by atoms with E-state index < -0.39 is 73.6 Å². The van der Waals surface area contributed by atoms with E-state index >= 15 is 0 Å². The molecule has 0 amide bonds. The van der Waals surface area contributed by atoms with Gasteiger partial charge in [-0.05, 0) is 31.6 Å². The largest absolute Gasteiger partial charge is 0.468 e. The molecule has 1 fully saturated rings. The number of carbonyl (C=O) groups excluding carboxylic acids is 2. The van der Waals surface area contributed by atoms with Crippen LogP contribution >= 0.6 is 7.67 Å². The van der Waals surface area contributed by atoms with Gasteiger partial charge in [0.2, 0.25) is 0 Å². The van der Waals surface area contributed by atoms with Gasteiger partial charge in [0, 0.05) is 12.3 Å². The number of H-pyrrole nitrogens is 1. The molecule has 0 spiro atoms. The number of aromatic nitrogens is 2. The normalized spacial score (nSPS) is 25.9. The number of hydrogen-bond acceptors (Lipinski definition) is 11. The number of nitrogens with one attached hydrogen (secondary N) is 3. The van der Waals surface area contributed by atoms with Gasteiger partial charge in [0.15, 0.2) is 6.23 Å². The lowest BCUT2D eigenvalue weighted by Crippen LogP contribution is -2.47. The predicted molar refractivity (Wildman–Crippen MR) is 142 cm³/mol. The first-order valence-corrected chi connectivity index (χ1v) is 14.5. The second kappa shape index (κ2) is 14.0. The van der Waals surface area contributed by atoms with E-state index in [2.05, 4.69) is 10.2 Å². The van der Waals surface area contributed by atoms with Crippen LogP contribution in [0.15, 0.2) is 21.9 Å². The van der Waals surface area contributed by atoms with E-state index in [4.69, 9.17) is 18.7 Å². The molecule has 0 aromatic carbocycles. The molecule has 16 heteroatoms. The average Bonchev–Trinajstić information content (AvgIpc) is 3.08. The molecule has 0 aliphatic carbocycles. The number of aliphatic hydroxyl groups excluding tert-OH is 1. The van der Waals surface area contributed by atoms with Crippen LogP contribution in [0, 0.1) is 11.8 Å². The maximum atomic E-state index is 14.2. The Morgan fingerprint density at radius 2 is 1.60 bits per heavy atom.